The largest absolute Gasteiger partial charge is 0.256 e. The van der Waals surface area contributed by atoms with E-state index < -0.39 is 0 Å². The summed E-state index contributed by atoms with van der Waals surface area (Å²) in [6.07, 6.45) is 32.4. The van der Waals surface area contributed by atoms with Crippen molar-refractivity contribution < 1.29 is 4.57 Å². The van der Waals surface area contributed by atoms with Gasteiger partial charge in [-0.3, -0.25) is 0 Å². The van der Waals surface area contributed by atoms with Gasteiger partial charge in [-0.2, -0.15) is 0 Å². The van der Waals surface area contributed by atoms with Gasteiger partial charge in [-0.15, -0.1) is 0 Å². The van der Waals surface area contributed by atoms with Crippen molar-refractivity contribution in [2.75, 3.05) is 0 Å². The van der Waals surface area contributed by atoms with Crippen LogP contribution in [0.3, 0.4) is 0 Å². The fraction of sp³-hybridized carbons (Fsp3) is 0.727. The van der Waals surface area contributed by atoms with Gasteiger partial charge in [0, 0.05) is 6.42 Å². The van der Waals surface area contributed by atoms with Gasteiger partial charge in [0.2, 0.25) is 0 Å². The minimum absolute atomic E-state index is 1.14. The molecule has 35 heavy (non-hydrogen) atoms. The highest BCUT2D eigenvalue weighted by molar-refractivity contribution is 5.14. The van der Waals surface area contributed by atoms with Crippen LogP contribution in [0.4, 0.5) is 0 Å². The van der Waals surface area contributed by atoms with Gasteiger partial charge in [0.05, 0.1) is 13.1 Å². The third-order valence-corrected chi connectivity index (χ3v) is 7.52. The Balaban J connectivity index is 1.47. The number of imidazole rings is 1. The number of benzene rings is 1. The zero-order valence-corrected chi connectivity index (χ0v) is 23.5. The Morgan fingerprint density at radius 3 is 1.66 bits per heavy atom. The van der Waals surface area contributed by atoms with Gasteiger partial charge < -0.3 is 0 Å². The number of hydrogen-bond donors (Lipinski definition) is 0. The normalized spacial score (nSPS) is 11.4. The SMILES string of the molecule is CCCCCCCCCCCCCCCCCCn1cc[n+](CCCc2ccccc2)c1CCC. The van der Waals surface area contributed by atoms with E-state index in [1.807, 2.05) is 0 Å². The van der Waals surface area contributed by atoms with Gasteiger partial charge in [-0.25, -0.2) is 9.13 Å². The lowest BCUT2D eigenvalue weighted by atomic mass is 10.0. The summed E-state index contributed by atoms with van der Waals surface area (Å²) >= 11 is 0. The zero-order valence-electron chi connectivity index (χ0n) is 23.5. The minimum Gasteiger partial charge on any atom is -0.234 e. The first-order valence-corrected chi connectivity index (χ1v) is 15.5. The van der Waals surface area contributed by atoms with Crippen LogP contribution in [-0.4, -0.2) is 4.57 Å². The number of nitrogens with zero attached hydrogens (tertiary/aromatic N) is 2. The first-order valence-electron chi connectivity index (χ1n) is 15.5. The predicted molar refractivity (Wildman–Crippen MR) is 153 cm³/mol. The van der Waals surface area contributed by atoms with E-state index >= 15 is 0 Å². The van der Waals surface area contributed by atoms with Crippen molar-refractivity contribution in [2.24, 2.45) is 0 Å². The highest BCUT2D eigenvalue weighted by Gasteiger charge is 2.15. The molecular weight excluding hydrogens is 424 g/mol. The summed E-state index contributed by atoms with van der Waals surface area (Å²) in [4.78, 5) is 0. The van der Waals surface area contributed by atoms with Crippen LogP contribution in [-0.2, 0) is 25.9 Å². The van der Waals surface area contributed by atoms with Crippen LogP contribution >= 0.6 is 0 Å². The summed E-state index contributed by atoms with van der Waals surface area (Å²) in [5, 5.41) is 0. The number of unbranched alkanes of at least 4 members (excludes halogenated alkanes) is 15. The minimum atomic E-state index is 1.14. The van der Waals surface area contributed by atoms with Crippen LogP contribution in [0.5, 0.6) is 0 Å². The third-order valence-electron chi connectivity index (χ3n) is 7.52. The Labute approximate surface area is 218 Å². The molecule has 0 fully saturated rings. The lowest BCUT2D eigenvalue weighted by Gasteiger charge is -2.06. The maximum Gasteiger partial charge on any atom is 0.256 e. The smallest absolute Gasteiger partial charge is 0.234 e. The maximum atomic E-state index is 2.54. The molecule has 0 unspecified atom stereocenters. The van der Waals surface area contributed by atoms with Crippen LogP contribution in [0.25, 0.3) is 0 Å². The Kier molecular flexibility index (Phi) is 17.5. The fourth-order valence-electron chi connectivity index (χ4n) is 5.34. The predicted octanol–water partition coefficient (Wildman–Crippen LogP) is 9.62. The number of aryl methyl sites for hydroxylation is 3. The summed E-state index contributed by atoms with van der Waals surface area (Å²) in [7, 11) is 0. The molecule has 0 bridgehead atoms. The molecule has 0 saturated carbocycles. The molecule has 1 heterocycles. The van der Waals surface area contributed by atoms with E-state index in [-0.39, 0.29) is 0 Å². The second-order valence-electron chi connectivity index (χ2n) is 10.7. The number of hydrogen-bond acceptors (Lipinski definition) is 0. The Morgan fingerprint density at radius 2 is 1.11 bits per heavy atom. The lowest BCUT2D eigenvalue weighted by molar-refractivity contribution is -0.704. The molecule has 0 aliphatic rings. The van der Waals surface area contributed by atoms with Gasteiger partial charge >= 0.3 is 0 Å². The Hall–Kier alpha value is -1.57. The van der Waals surface area contributed by atoms with E-state index in [0.29, 0.717) is 0 Å². The first-order chi connectivity index (χ1) is 17.3. The summed E-state index contributed by atoms with van der Waals surface area (Å²) in [5.74, 6) is 1.53. The summed E-state index contributed by atoms with van der Waals surface area (Å²) in [6.45, 7) is 6.94. The molecule has 2 heteroatoms. The molecule has 0 amide bonds. The van der Waals surface area contributed by atoms with E-state index in [1.165, 1.54) is 146 Å². The van der Waals surface area contributed by atoms with E-state index in [9.17, 15) is 0 Å². The lowest BCUT2D eigenvalue weighted by Crippen LogP contribution is -2.37. The molecule has 0 spiro atoms. The third kappa shape index (κ3) is 13.9. The molecule has 0 radical (unpaired) electrons. The molecule has 1 aromatic carbocycles. The van der Waals surface area contributed by atoms with Gasteiger partial charge in [-0.05, 0) is 37.7 Å². The molecule has 2 rings (SSSR count). The average molecular weight is 482 g/mol. The Morgan fingerprint density at radius 1 is 0.571 bits per heavy atom. The van der Waals surface area contributed by atoms with E-state index in [2.05, 4.69) is 65.7 Å². The van der Waals surface area contributed by atoms with E-state index in [1.54, 1.807) is 0 Å². The van der Waals surface area contributed by atoms with Gasteiger partial charge in [-0.1, -0.05) is 134 Å². The topological polar surface area (TPSA) is 8.81 Å². The molecular formula is C33H57N2+. The van der Waals surface area contributed by atoms with E-state index in [4.69, 9.17) is 0 Å². The van der Waals surface area contributed by atoms with Crippen molar-refractivity contribution in [3.8, 4) is 0 Å². The van der Waals surface area contributed by atoms with Crippen LogP contribution in [0.2, 0.25) is 0 Å². The molecule has 0 aliphatic carbocycles. The van der Waals surface area contributed by atoms with Crippen molar-refractivity contribution in [2.45, 2.75) is 155 Å². The maximum absolute atomic E-state index is 2.54. The van der Waals surface area contributed by atoms with E-state index in [0.717, 1.165) is 6.54 Å². The van der Waals surface area contributed by atoms with Crippen molar-refractivity contribution in [1.82, 2.24) is 4.57 Å². The van der Waals surface area contributed by atoms with Gasteiger partial charge in [0.25, 0.3) is 5.82 Å². The molecule has 0 saturated heterocycles. The Bertz CT molecular complexity index is 718. The highest BCUT2D eigenvalue weighted by Crippen LogP contribution is 2.14. The number of aromatic nitrogens is 2. The van der Waals surface area contributed by atoms with Gasteiger partial charge in [0.15, 0.2) is 0 Å². The van der Waals surface area contributed by atoms with Crippen LogP contribution in [0, 0.1) is 0 Å². The molecule has 0 N–H and O–H groups in total. The fourth-order valence-corrected chi connectivity index (χ4v) is 5.34. The molecule has 198 valence electrons. The second kappa shape index (κ2) is 20.6. The summed E-state index contributed by atoms with van der Waals surface area (Å²) in [5.41, 5.74) is 1.46. The van der Waals surface area contributed by atoms with Gasteiger partial charge in [0.1, 0.15) is 12.4 Å². The summed E-state index contributed by atoms with van der Waals surface area (Å²) < 4.78 is 5.05. The van der Waals surface area contributed by atoms with Crippen LogP contribution in [0.1, 0.15) is 141 Å². The quantitative estimate of drug-likeness (QED) is 0.110. The monoisotopic (exact) mass is 481 g/mol. The highest BCUT2D eigenvalue weighted by atomic mass is 15.1. The molecule has 2 nitrogen and oxygen atoms in total. The second-order valence-corrected chi connectivity index (χ2v) is 10.7. The average Bonchev–Trinajstić information content (AvgIpc) is 3.26. The standard InChI is InChI=1S/C33H57N2/c1-3-5-6-7-8-9-10-11-12-13-14-15-16-17-18-22-28-34-30-31-35(33(34)24-4-2)29-23-27-32-25-20-19-21-26-32/h19-21,25-26,30-31H,3-18,22-24,27-29H2,1-2H3/q+1. The molecule has 0 aliphatic heterocycles. The number of rotatable bonds is 23. The summed E-state index contributed by atoms with van der Waals surface area (Å²) in [6, 6.07) is 10.9. The van der Waals surface area contributed by atoms with Crippen LogP contribution in [0.15, 0.2) is 42.7 Å². The molecule has 1 aromatic heterocycles. The molecule has 2 aromatic rings. The van der Waals surface area contributed by atoms with Crippen molar-refractivity contribution in [3.63, 3.8) is 0 Å². The first kappa shape index (κ1) is 29.7. The molecule has 0 atom stereocenters. The van der Waals surface area contributed by atoms with Crippen molar-refractivity contribution >= 4 is 0 Å². The van der Waals surface area contributed by atoms with Crippen molar-refractivity contribution in [3.05, 3.63) is 54.1 Å². The zero-order chi connectivity index (χ0) is 24.8. The van der Waals surface area contributed by atoms with Crippen LogP contribution < -0.4 is 4.57 Å². The van der Waals surface area contributed by atoms with Crippen molar-refractivity contribution in [1.29, 1.82) is 0 Å².